The molecule has 8 heteroatoms. The van der Waals surface area contributed by atoms with E-state index >= 15 is 0 Å². The van der Waals surface area contributed by atoms with E-state index in [1.807, 2.05) is 16.7 Å². The van der Waals surface area contributed by atoms with Crippen LogP contribution in [0, 0.1) is 0 Å². The highest BCUT2D eigenvalue weighted by Crippen LogP contribution is 2.36. The van der Waals surface area contributed by atoms with E-state index in [1.54, 1.807) is 0 Å². The minimum absolute atomic E-state index is 0.0465. The van der Waals surface area contributed by atoms with Gasteiger partial charge in [0.25, 0.3) is 0 Å². The molecule has 0 bridgehead atoms. The molecule has 0 saturated carbocycles. The van der Waals surface area contributed by atoms with Crippen LogP contribution in [0.25, 0.3) is 0 Å². The van der Waals surface area contributed by atoms with E-state index < -0.39 is 11.7 Å². The minimum Gasteiger partial charge on any atom is -0.376 e. The Morgan fingerprint density at radius 1 is 1.27 bits per heavy atom. The lowest BCUT2D eigenvalue weighted by atomic mass is 10.1. The van der Waals surface area contributed by atoms with Gasteiger partial charge in [-0.25, -0.2) is 0 Å². The Labute approximate surface area is 151 Å². The van der Waals surface area contributed by atoms with E-state index in [4.69, 9.17) is 4.74 Å². The first kappa shape index (κ1) is 19.0. The van der Waals surface area contributed by atoms with Crippen LogP contribution in [0.15, 0.2) is 18.2 Å². The van der Waals surface area contributed by atoms with Gasteiger partial charge in [-0.3, -0.25) is 9.69 Å². The molecule has 0 aromatic heterocycles. The van der Waals surface area contributed by atoms with Gasteiger partial charge in [0.1, 0.15) is 0 Å². The number of hydrogen-bond acceptors (Lipinski definition) is 4. The van der Waals surface area contributed by atoms with Crippen molar-refractivity contribution in [3.8, 4) is 0 Å². The summed E-state index contributed by atoms with van der Waals surface area (Å²) in [7, 11) is 0. The smallest absolute Gasteiger partial charge is 0.376 e. The van der Waals surface area contributed by atoms with Gasteiger partial charge in [-0.1, -0.05) is 0 Å². The lowest BCUT2D eigenvalue weighted by molar-refractivity contribution is -0.137. The van der Waals surface area contributed by atoms with Gasteiger partial charge >= 0.3 is 6.18 Å². The maximum Gasteiger partial charge on any atom is 0.416 e. The number of anilines is 2. The summed E-state index contributed by atoms with van der Waals surface area (Å²) >= 11 is 0. The van der Waals surface area contributed by atoms with Crippen molar-refractivity contribution in [2.24, 2.45) is 0 Å². The van der Waals surface area contributed by atoms with Gasteiger partial charge in [-0.15, -0.1) is 0 Å². The zero-order valence-electron chi connectivity index (χ0n) is 14.8. The summed E-state index contributed by atoms with van der Waals surface area (Å²) in [4.78, 5) is 16.4. The number of carbonyl (C=O) groups is 1. The third-order valence-corrected chi connectivity index (χ3v) is 4.74. The molecule has 1 amide bonds. The topological polar surface area (TPSA) is 44.8 Å². The Bertz CT molecular complexity index is 645. The second kappa shape index (κ2) is 7.84. The fourth-order valence-corrected chi connectivity index (χ4v) is 3.47. The van der Waals surface area contributed by atoms with Crippen LogP contribution in [0.3, 0.4) is 0 Å². The first-order valence-corrected chi connectivity index (χ1v) is 8.93. The van der Waals surface area contributed by atoms with Gasteiger partial charge in [0.2, 0.25) is 5.91 Å². The minimum atomic E-state index is -4.44. The van der Waals surface area contributed by atoms with Crippen molar-refractivity contribution in [1.29, 1.82) is 0 Å². The van der Waals surface area contributed by atoms with Crippen molar-refractivity contribution in [1.82, 2.24) is 4.90 Å². The lowest BCUT2D eigenvalue weighted by Crippen LogP contribution is -2.44. The molecule has 26 heavy (non-hydrogen) atoms. The molecule has 2 fully saturated rings. The molecule has 0 unspecified atom stereocenters. The number of hydrogen-bond donors (Lipinski definition) is 1. The molecule has 2 aliphatic heterocycles. The average Bonchev–Trinajstić information content (AvgIpc) is 3.08. The highest BCUT2D eigenvalue weighted by atomic mass is 19.4. The van der Waals surface area contributed by atoms with Crippen molar-refractivity contribution in [3.05, 3.63) is 23.8 Å². The van der Waals surface area contributed by atoms with Gasteiger partial charge in [-0.05, 0) is 38.0 Å². The van der Waals surface area contributed by atoms with E-state index in [0.29, 0.717) is 25.4 Å². The summed E-state index contributed by atoms with van der Waals surface area (Å²) in [5, 5.41) is 2.70. The van der Waals surface area contributed by atoms with Crippen LogP contribution in [-0.4, -0.2) is 56.2 Å². The molecule has 0 aliphatic carbocycles. The van der Waals surface area contributed by atoms with Crippen LogP contribution >= 0.6 is 0 Å². The van der Waals surface area contributed by atoms with Crippen molar-refractivity contribution < 1.29 is 22.7 Å². The largest absolute Gasteiger partial charge is 0.416 e. The van der Waals surface area contributed by atoms with Crippen LogP contribution in [-0.2, 0) is 15.7 Å². The van der Waals surface area contributed by atoms with Crippen molar-refractivity contribution in [2.45, 2.75) is 32.0 Å². The molecule has 3 rings (SSSR count). The summed E-state index contributed by atoms with van der Waals surface area (Å²) < 4.78 is 44.7. The van der Waals surface area contributed by atoms with Gasteiger partial charge in [-0.2, -0.15) is 13.2 Å². The highest BCUT2D eigenvalue weighted by molar-refractivity contribution is 5.95. The molecule has 2 aliphatic rings. The number of alkyl halides is 3. The number of benzene rings is 1. The van der Waals surface area contributed by atoms with Crippen LogP contribution in [0.2, 0.25) is 0 Å². The summed E-state index contributed by atoms with van der Waals surface area (Å²) in [6.07, 6.45) is -2.40. The molecular formula is C18H24F3N3O2. The van der Waals surface area contributed by atoms with Gasteiger partial charge in [0.15, 0.2) is 0 Å². The number of nitrogens with one attached hydrogen (secondary N) is 1. The monoisotopic (exact) mass is 371 g/mol. The number of ether oxygens (including phenoxy) is 1. The zero-order valence-corrected chi connectivity index (χ0v) is 14.8. The fraction of sp³-hybridized carbons (Fsp3) is 0.611. The number of halogens is 3. The second-order valence-electron chi connectivity index (χ2n) is 6.89. The van der Waals surface area contributed by atoms with Gasteiger partial charge < -0.3 is 15.0 Å². The molecule has 0 radical (unpaired) electrons. The quantitative estimate of drug-likeness (QED) is 0.884. The van der Waals surface area contributed by atoms with E-state index in [-0.39, 0.29) is 24.2 Å². The maximum absolute atomic E-state index is 13.1. The average molecular weight is 371 g/mol. The molecule has 2 saturated heterocycles. The molecular weight excluding hydrogens is 347 g/mol. The number of morpholine rings is 1. The summed E-state index contributed by atoms with van der Waals surface area (Å²) in [6, 6.07) is 3.57. The number of carbonyl (C=O) groups excluding carboxylic acids is 1. The normalized spacial score (nSPS) is 21.8. The third-order valence-electron chi connectivity index (χ3n) is 4.74. The Kier molecular flexibility index (Phi) is 5.72. The molecule has 1 aromatic rings. The van der Waals surface area contributed by atoms with E-state index in [1.165, 1.54) is 6.07 Å². The highest BCUT2D eigenvalue weighted by Gasteiger charge is 2.32. The van der Waals surface area contributed by atoms with Gasteiger partial charge in [0.05, 0.1) is 36.2 Å². The summed E-state index contributed by atoms with van der Waals surface area (Å²) in [5.41, 5.74) is 0.128. The van der Waals surface area contributed by atoms with Crippen molar-refractivity contribution in [3.63, 3.8) is 0 Å². The zero-order chi connectivity index (χ0) is 18.7. The SMILES string of the molecule is C[C@@H]1CN(CC(=O)Nc2cc(C(F)(F)F)ccc2N2CCCC2)CCO1. The van der Waals surface area contributed by atoms with Crippen molar-refractivity contribution >= 4 is 17.3 Å². The van der Waals surface area contributed by atoms with E-state index in [0.717, 1.165) is 38.1 Å². The van der Waals surface area contributed by atoms with Crippen molar-refractivity contribution in [2.75, 3.05) is 49.5 Å². The fourth-order valence-electron chi connectivity index (χ4n) is 3.47. The number of amides is 1. The van der Waals surface area contributed by atoms with Crippen LogP contribution in [0.4, 0.5) is 24.5 Å². The Morgan fingerprint density at radius 3 is 2.65 bits per heavy atom. The molecule has 0 spiro atoms. The number of rotatable bonds is 4. The molecule has 5 nitrogen and oxygen atoms in total. The molecule has 1 aromatic carbocycles. The Morgan fingerprint density at radius 2 is 2.00 bits per heavy atom. The lowest BCUT2D eigenvalue weighted by Gasteiger charge is -2.30. The number of nitrogens with zero attached hydrogens (tertiary/aromatic N) is 2. The Balaban J connectivity index is 1.76. The summed E-state index contributed by atoms with van der Waals surface area (Å²) in [6.45, 7) is 5.47. The summed E-state index contributed by atoms with van der Waals surface area (Å²) in [5.74, 6) is -0.307. The maximum atomic E-state index is 13.1. The van der Waals surface area contributed by atoms with Crippen LogP contribution < -0.4 is 10.2 Å². The third kappa shape index (κ3) is 4.67. The first-order chi connectivity index (χ1) is 12.3. The molecule has 1 N–H and O–H groups in total. The molecule has 1 atom stereocenters. The standard InChI is InChI=1S/C18H24F3N3O2/c1-13-11-23(8-9-26-13)12-17(25)22-15-10-14(18(19,20)21)4-5-16(15)24-6-2-3-7-24/h4-5,10,13H,2-3,6-9,11-12H2,1H3,(H,22,25)/t13-/m1/s1. The van der Waals surface area contributed by atoms with E-state index in [9.17, 15) is 18.0 Å². The van der Waals surface area contributed by atoms with E-state index in [2.05, 4.69) is 5.32 Å². The molecule has 144 valence electrons. The van der Waals surface area contributed by atoms with Gasteiger partial charge in [0, 0.05) is 26.2 Å². The molecule has 2 heterocycles. The predicted octanol–water partition coefficient (Wildman–Crippen LogP) is 2.96. The predicted molar refractivity (Wildman–Crippen MR) is 93.4 cm³/mol. The Hall–Kier alpha value is -1.80. The van der Waals surface area contributed by atoms with Crippen LogP contribution in [0.1, 0.15) is 25.3 Å². The second-order valence-corrected chi connectivity index (χ2v) is 6.89. The van der Waals surface area contributed by atoms with Crippen LogP contribution in [0.5, 0.6) is 0 Å². The first-order valence-electron chi connectivity index (χ1n) is 8.93.